The molecule has 0 spiro atoms. The second-order valence-electron chi connectivity index (χ2n) is 6.03. The zero-order valence-corrected chi connectivity index (χ0v) is 12.8. The molecular formula is C17H22NO3+. The van der Waals surface area contributed by atoms with Gasteiger partial charge < -0.3 is 14.0 Å². The van der Waals surface area contributed by atoms with Crippen LogP contribution in [0.4, 0.5) is 0 Å². The van der Waals surface area contributed by atoms with Gasteiger partial charge in [-0.1, -0.05) is 30.3 Å². The molecule has 0 heterocycles. The van der Waals surface area contributed by atoms with E-state index in [9.17, 15) is 4.79 Å². The molecular weight excluding hydrogens is 266 g/mol. The molecule has 4 heteroatoms. The van der Waals surface area contributed by atoms with Crippen molar-refractivity contribution >= 4 is 16.7 Å². The molecule has 0 aromatic heterocycles. The predicted molar refractivity (Wildman–Crippen MR) is 83.3 cm³/mol. The van der Waals surface area contributed by atoms with Crippen LogP contribution in [0.5, 0.6) is 5.75 Å². The summed E-state index contributed by atoms with van der Waals surface area (Å²) < 4.78 is 11.4. The second kappa shape index (κ2) is 6.59. The molecule has 4 nitrogen and oxygen atoms in total. The van der Waals surface area contributed by atoms with E-state index in [1.54, 1.807) is 0 Å². The van der Waals surface area contributed by atoms with Crippen LogP contribution in [0.15, 0.2) is 42.5 Å². The third kappa shape index (κ3) is 5.08. The minimum absolute atomic E-state index is 0.0600. The van der Waals surface area contributed by atoms with E-state index >= 15 is 0 Å². The number of quaternary nitrogens is 1. The van der Waals surface area contributed by atoms with Crippen LogP contribution in [0.25, 0.3) is 10.8 Å². The summed E-state index contributed by atoms with van der Waals surface area (Å²) in [5.74, 6) is 0.342. The molecule has 0 atom stereocenters. The lowest BCUT2D eigenvalue weighted by Gasteiger charge is -2.23. The minimum atomic E-state index is -0.336. The normalized spacial score (nSPS) is 11.4. The summed E-state index contributed by atoms with van der Waals surface area (Å²) in [6.45, 7) is 1.13. The predicted octanol–water partition coefficient (Wildman–Crippen LogP) is 2.47. The second-order valence-corrected chi connectivity index (χ2v) is 6.03. The van der Waals surface area contributed by atoms with Gasteiger partial charge in [-0.2, -0.15) is 0 Å². The minimum Gasteiger partial charge on any atom is -0.482 e. The molecule has 0 saturated carbocycles. The van der Waals surface area contributed by atoms with Crippen molar-refractivity contribution in [2.45, 2.75) is 0 Å². The van der Waals surface area contributed by atoms with Gasteiger partial charge in [0.25, 0.3) is 0 Å². The first-order valence-corrected chi connectivity index (χ1v) is 7.02. The van der Waals surface area contributed by atoms with E-state index in [0.717, 1.165) is 21.8 Å². The average molecular weight is 288 g/mol. The molecule has 0 aliphatic carbocycles. The van der Waals surface area contributed by atoms with Gasteiger partial charge in [-0.3, -0.25) is 0 Å². The Morgan fingerprint density at radius 1 is 1.05 bits per heavy atom. The average Bonchev–Trinajstić information content (AvgIpc) is 2.43. The number of carbonyl (C=O) groups is 1. The number of carbonyl (C=O) groups excluding carboxylic acids is 1. The maximum absolute atomic E-state index is 11.6. The maximum Gasteiger partial charge on any atom is 0.344 e. The molecule has 112 valence electrons. The summed E-state index contributed by atoms with van der Waals surface area (Å²) in [5, 5.41) is 2.24. The molecule has 2 rings (SSSR count). The highest BCUT2D eigenvalue weighted by atomic mass is 16.6. The molecule has 2 aromatic carbocycles. The monoisotopic (exact) mass is 288 g/mol. The Bertz CT molecular complexity index is 617. The van der Waals surface area contributed by atoms with Crippen molar-refractivity contribution in [3.63, 3.8) is 0 Å². The zero-order valence-electron chi connectivity index (χ0n) is 12.8. The van der Waals surface area contributed by atoms with Crippen molar-refractivity contribution in [3.05, 3.63) is 42.5 Å². The van der Waals surface area contributed by atoms with E-state index in [2.05, 4.69) is 21.1 Å². The fourth-order valence-electron chi connectivity index (χ4n) is 1.87. The number of nitrogens with zero attached hydrogens (tertiary/aromatic N) is 1. The first-order chi connectivity index (χ1) is 9.94. The Morgan fingerprint density at radius 2 is 1.76 bits per heavy atom. The molecule has 0 unspecified atom stereocenters. The van der Waals surface area contributed by atoms with E-state index in [1.165, 1.54) is 0 Å². The maximum atomic E-state index is 11.6. The van der Waals surface area contributed by atoms with Crippen LogP contribution in [0, 0.1) is 0 Å². The van der Waals surface area contributed by atoms with Crippen LogP contribution < -0.4 is 4.74 Å². The van der Waals surface area contributed by atoms with Crippen LogP contribution in [0.2, 0.25) is 0 Å². The topological polar surface area (TPSA) is 35.5 Å². The van der Waals surface area contributed by atoms with Gasteiger partial charge in [0.05, 0.1) is 21.1 Å². The number of hydrogen-bond acceptors (Lipinski definition) is 3. The molecule has 21 heavy (non-hydrogen) atoms. The Hall–Kier alpha value is -2.07. The standard InChI is InChI=1S/C17H22NO3/c1-18(2,3)10-11-20-17(19)13-21-16-9-8-14-6-4-5-7-15(14)12-16/h4-9,12H,10-11,13H2,1-3H3/q+1. The van der Waals surface area contributed by atoms with Gasteiger partial charge in [-0.15, -0.1) is 0 Å². The van der Waals surface area contributed by atoms with Crippen molar-refractivity contribution in [1.82, 2.24) is 0 Å². The quantitative estimate of drug-likeness (QED) is 0.605. The largest absolute Gasteiger partial charge is 0.482 e. The molecule has 0 aliphatic rings. The van der Waals surface area contributed by atoms with E-state index < -0.39 is 0 Å². The molecule has 0 radical (unpaired) electrons. The number of hydrogen-bond donors (Lipinski definition) is 0. The number of benzene rings is 2. The van der Waals surface area contributed by atoms with Crippen molar-refractivity contribution in [1.29, 1.82) is 0 Å². The van der Waals surface area contributed by atoms with Crippen LogP contribution in [0.3, 0.4) is 0 Å². The summed E-state index contributed by atoms with van der Waals surface area (Å²) in [4.78, 5) is 11.6. The molecule has 0 fully saturated rings. The number of likely N-dealkylation sites (N-methyl/N-ethyl adjacent to an activating group) is 1. The number of fused-ring (bicyclic) bond motifs is 1. The van der Waals surface area contributed by atoms with Crippen LogP contribution in [-0.4, -0.2) is 51.4 Å². The Labute approximate surface area is 125 Å². The van der Waals surface area contributed by atoms with Gasteiger partial charge >= 0.3 is 5.97 Å². The highest BCUT2D eigenvalue weighted by Crippen LogP contribution is 2.20. The molecule has 0 bridgehead atoms. The fraction of sp³-hybridized carbons (Fsp3) is 0.353. The lowest BCUT2D eigenvalue weighted by Crippen LogP contribution is -2.38. The summed E-state index contributed by atoms with van der Waals surface area (Å²) >= 11 is 0. The summed E-state index contributed by atoms with van der Waals surface area (Å²) in [6.07, 6.45) is 0. The fourth-order valence-corrected chi connectivity index (χ4v) is 1.87. The summed E-state index contributed by atoms with van der Waals surface area (Å²) in [7, 11) is 6.16. The van der Waals surface area contributed by atoms with E-state index in [1.807, 2.05) is 42.5 Å². The van der Waals surface area contributed by atoms with Gasteiger partial charge in [0.15, 0.2) is 6.61 Å². The molecule has 0 N–H and O–H groups in total. The zero-order chi connectivity index (χ0) is 15.3. The van der Waals surface area contributed by atoms with Crippen molar-refractivity contribution in [2.75, 3.05) is 40.9 Å². The summed E-state index contributed by atoms with van der Waals surface area (Å²) in [6, 6.07) is 13.8. The Morgan fingerprint density at radius 3 is 2.48 bits per heavy atom. The van der Waals surface area contributed by atoms with Gasteiger partial charge in [0.1, 0.15) is 18.9 Å². The Kier molecular flexibility index (Phi) is 4.81. The van der Waals surface area contributed by atoms with Gasteiger partial charge in [-0.25, -0.2) is 4.79 Å². The lowest BCUT2D eigenvalue weighted by molar-refractivity contribution is -0.870. The van der Waals surface area contributed by atoms with E-state index in [4.69, 9.17) is 9.47 Å². The SMILES string of the molecule is C[N+](C)(C)CCOC(=O)COc1ccc2ccccc2c1. The molecule has 0 saturated heterocycles. The van der Waals surface area contributed by atoms with Gasteiger partial charge in [-0.05, 0) is 22.9 Å². The van der Waals surface area contributed by atoms with Crippen molar-refractivity contribution in [2.24, 2.45) is 0 Å². The molecule has 0 amide bonds. The lowest BCUT2D eigenvalue weighted by atomic mass is 10.1. The third-order valence-corrected chi connectivity index (χ3v) is 3.10. The van der Waals surface area contributed by atoms with Gasteiger partial charge in [0.2, 0.25) is 0 Å². The van der Waals surface area contributed by atoms with Crippen LogP contribution >= 0.6 is 0 Å². The highest BCUT2D eigenvalue weighted by Gasteiger charge is 2.10. The van der Waals surface area contributed by atoms with Crippen LogP contribution in [0.1, 0.15) is 0 Å². The van der Waals surface area contributed by atoms with E-state index in [-0.39, 0.29) is 12.6 Å². The molecule has 0 aliphatic heterocycles. The highest BCUT2D eigenvalue weighted by molar-refractivity contribution is 5.83. The van der Waals surface area contributed by atoms with Crippen LogP contribution in [-0.2, 0) is 9.53 Å². The number of esters is 1. The molecule has 2 aromatic rings. The first kappa shape index (κ1) is 15.3. The smallest absolute Gasteiger partial charge is 0.344 e. The number of ether oxygens (including phenoxy) is 2. The van der Waals surface area contributed by atoms with Crippen molar-refractivity contribution in [3.8, 4) is 5.75 Å². The van der Waals surface area contributed by atoms with Gasteiger partial charge in [0, 0.05) is 0 Å². The Balaban J connectivity index is 1.82. The third-order valence-electron chi connectivity index (χ3n) is 3.10. The number of rotatable bonds is 6. The first-order valence-electron chi connectivity index (χ1n) is 7.02. The van der Waals surface area contributed by atoms with Crippen molar-refractivity contribution < 1.29 is 18.8 Å². The van der Waals surface area contributed by atoms with E-state index in [0.29, 0.717) is 12.4 Å². The summed E-state index contributed by atoms with van der Waals surface area (Å²) in [5.41, 5.74) is 0.